The van der Waals surface area contributed by atoms with Gasteiger partial charge >= 0.3 is 0 Å². The van der Waals surface area contributed by atoms with Crippen molar-refractivity contribution < 1.29 is 18.3 Å². The molecular formula is C24H34N2O4S. The molecule has 0 aliphatic rings. The van der Waals surface area contributed by atoms with Crippen LogP contribution in [0, 0.1) is 0 Å². The molecule has 0 radical (unpaired) electrons. The maximum atomic E-state index is 12.6. The van der Waals surface area contributed by atoms with Crippen LogP contribution in [0.15, 0.2) is 46.4 Å². The first-order valence-electron chi connectivity index (χ1n) is 10.3. The molecule has 2 rings (SSSR count). The molecule has 170 valence electrons. The van der Waals surface area contributed by atoms with Crippen molar-refractivity contribution in [3.05, 3.63) is 53.1 Å². The minimum absolute atomic E-state index is 0.00599. The van der Waals surface area contributed by atoms with Crippen LogP contribution >= 0.6 is 0 Å². The van der Waals surface area contributed by atoms with Gasteiger partial charge < -0.3 is 9.84 Å². The highest BCUT2D eigenvalue weighted by molar-refractivity contribution is 7.89. The number of sulfonamides is 1. The third-order valence-electron chi connectivity index (χ3n) is 4.64. The first kappa shape index (κ1) is 24.7. The molecule has 0 atom stereocenters. The molecule has 0 amide bonds. The summed E-state index contributed by atoms with van der Waals surface area (Å²) in [5.74, 6) is 0.868. The van der Waals surface area contributed by atoms with Crippen LogP contribution in [-0.2, 0) is 20.9 Å². The average Bonchev–Trinajstić information content (AvgIpc) is 2.60. The molecule has 6 nitrogen and oxygen atoms in total. The van der Waals surface area contributed by atoms with Crippen molar-refractivity contribution in [1.29, 1.82) is 0 Å². The second-order valence-electron chi connectivity index (χ2n) is 9.96. The van der Waals surface area contributed by atoms with Gasteiger partial charge in [-0.3, -0.25) is 0 Å². The lowest BCUT2D eigenvalue weighted by atomic mass is 9.78. The largest absolute Gasteiger partial charge is 0.507 e. The molecule has 2 aromatic rings. The number of hydrogen-bond donors (Lipinski definition) is 2. The van der Waals surface area contributed by atoms with E-state index in [1.807, 2.05) is 67.5 Å². The first-order valence-corrected chi connectivity index (χ1v) is 11.8. The van der Waals surface area contributed by atoms with E-state index in [4.69, 9.17) is 4.74 Å². The maximum absolute atomic E-state index is 12.6. The number of aromatic hydroxyl groups is 1. The van der Waals surface area contributed by atoms with Crippen LogP contribution in [0.5, 0.6) is 11.5 Å². The Hall–Kier alpha value is -2.54. The van der Waals surface area contributed by atoms with E-state index in [9.17, 15) is 13.5 Å². The summed E-state index contributed by atoms with van der Waals surface area (Å²) >= 11 is 0. The van der Waals surface area contributed by atoms with Gasteiger partial charge in [-0.25, -0.2) is 4.83 Å². The normalized spacial score (nSPS) is 13.1. The zero-order valence-electron chi connectivity index (χ0n) is 19.6. The van der Waals surface area contributed by atoms with Gasteiger partial charge in [-0.05, 0) is 66.6 Å². The van der Waals surface area contributed by atoms with E-state index < -0.39 is 10.0 Å². The number of nitrogens with one attached hydrogen (secondary N) is 1. The Morgan fingerprint density at radius 3 is 1.87 bits per heavy atom. The highest BCUT2D eigenvalue weighted by Gasteiger charge is 2.26. The number of hydrazone groups is 1. The van der Waals surface area contributed by atoms with Gasteiger partial charge in [-0.2, -0.15) is 13.5 Å². The van der Waals surface area contributed by atoms with Gasteiger partial charge in [-0.1, -0.05) is 41.5 Å². The van der Waals surface area contributed by atoms with Crippen LogP contribution in [0.3, 0.4) is 0 Å². The highest BCUT2D eigenvalue weighted by atomic mass is 32.2. The quantitative estimate of drug-likeness (QED) is 0.478. The second kappa shape index (κ2) is 8.91. The summed E-state index contributed by atoms with van der Waals surface area (Å²) in [6, 6.07) is 9.85. The van der Waals surface area contributed by atoms with E-state index in [0.717, 1.165) is 11.1 Å². The zero-order chi connectivity index (χ0) is 23.6. The number of nitrogens with zero attached hydrogens (tertiary/aromatic N) is 1. The third kappa shape index (κ3) is 6.47. The van der Waals surface area contributed by atoms with Crippen molar-refractivity contribution >= 4 is 16.2 Å². The van der Waals surface area contributed by atoms with Crippen molar-refractivity contribution in [3.63, 3.8) is 0 Å². The Bertz CT molecular complexity index is 1010. The maximum Gasteiger partial charge on any atom is 0.276 e. The number of phenols is 1. The zero-order valence-corrected chi connectivity index (χ0v) is 20.5. The van der Waals surface area contributed by atoms with Crippen molar-refractivity contribution in [2.45, 2.75) is 77.2 Å². The van der Waals surface area contributed by atoms with E-state index in [2.05, 4.69) is 9.93 Å². The first-order chi connectivity index (χ1) is 14.1. The van der Waals surface area contributed by atoms with Crippen LogP contribution in [0.25, 0.3) is 0 Å². The van der Waals surface area contributed by atoms with Gasteiger partial charge in [0.25, 0.3) is 10.0 Å². The van der Waals surface area contributed by atoms with E-state index >= 15 is 0 Å². The molecule has 0 bridgehead atoms. The molecule has 0 spiro atoms. The Balaban J connectivity index is 2.31. The van der Waals surface area contributed by atoms with Crippen LogP contribution < -0.4 is 9.57 Å². The van der Waals surface area contributed by atoms with Crippen molar-refractivity contribution in [1.82, 2.24) is 4.83 Å². The molecule has 0 saturated heterocycles. The van der Waals surface area contributed by atoms with Crippen molar-refractivity contribution in [3.8, 4) is 11.5 Å². The summed E-state index contributed by atoms with van der Waals surface area (Å²) in [6.07, 6.45) is 1.46. The van der Waals surface area contributed by atoms with E-state index in [-0.39, 0.29) is 27.6 Å². The molecule has 7 heteroatoms. The smallest absolute Gasteiger partial charge is 0.276 e. The summed E-state index contributed by atoms with van der Waals surface area (Å²) in [5, 5.41) is 14.8. The fraction of sp³-hybridized carbons (Fsp3) is 0.458. The molecule has 0 unspecified atom stereocenters. The minimum atomic E-state index is -3.81. The number of hydrogen-bond acceptors (Lipinski definition) is 5. The fourth-order valence-electron chi connectivity index (χ4n) is 3.07. The average molecular weight is 447 g/mol. The minimum Gasteiger partial charge on any atom is -0.507 e. The topological polar surface area (TPSA) is 88.0 Å². The van der Waals surface area contributed by atoms with Crippen LogP contribution in [0.2, 0.25) is 0 Å². The number of benzene rings is 2. The monoisotopic (exact) mass is 446 g/mol. The predicted octanol–water partition coefficient (Wildman–Crippen LogP) is 5.09. The van der Waals surface area contributed by atoms with Crippen LogP contribution in [0.4, 0.5) is 0 Å². The molecule has 0 heterocycles. The van der Waals surface area contributed by atoms with Gasteiger partial charge in [0.05, 0.1) is 17.2 Å². The summed E-state index contributed by atoms with van der Waals surface area (Å²) < 4.78 is 30.7. The molecular weight excluding hydrogens is 412 g/mol. The second-order valence-corrected chi connectivity index (χ2v) is 11.6. The summed E-state index contributed by atoms with van der Waals surface area (Å²) in [5.41, 5.74) is 1.70. The van der Waals surface area contributed by atoms with Crippen molar-refractivity contribution in [2.24, 2.45) is 5.10 Å². The lowest BCUT2D eigenvalue weighted by Gasteiger charge is -2.27. The predicted molar refractivity (Wildman–Crippen MR) is 126 cm³/mol. The molecule has 2 aromatic carbocycles. The van der Waals surface area contributed by atoms with Gasteiger partial charge in [0, 0.05) is 11.1 Å². The SMILES string of the molecule is CC(C)Oc1ccc(S(=O)(=O)N/N=C/c2cc(C(C)(C)C)c(O)c(C(C)(C)C)c2)cc1. The Morgan fingerprint density at radius 1 is 0.968 bits per heavy atom. The summed E-state index contributed by atoms with van der Waals surface area (Å²) in [7, 11) is -3.81. The Morgan fingerprint density at radius 2 is 1.45 bits per heavy atom. The number of rotatable bonds is 6. The van der Waals surface area contributed by atoms with Crippen LogP contribution in [-0.4, -0.2) is 25.8 Å². The van der Waals surface area contributed by atoms with E-state index in [0.29, 0.717) is 11.3 Å². The highest BCUT2D eigenvalue weighted by Crippen LogP contribution is 2.39. The van der Waals surface area contributed by atoms with Gasteiger partial charge in [0.15, 0.2) is 0 Å². The fourth-order valence-corrected chi connectivity index (χ4v) is 3.86. The molecule has 0 aliphatic carbocycles. The Labute approximate surface area is 186 Å². The van der Waals surface area contributed by atoms with Crippen molar-refractivity contribution in [2.75, 3.05) is 0 Å². The van der Waals surface area contributed by atoms with Crippen LogP contribution in [0.1, 0.15) is 72.1 Å². The molecule has 0 aliphatic heterocycles. The standard InChI is InChI=1S/C24H34N2O4S/c1-16(2)30-18-9-11-19(12-10-18)31(28,29)26-25-15-17-13-20(23(3,4)5)22(27)21(14-17)24(6,7)8/h9-16,26-27H,1-8H3/b25-15+. The van der Waals surface area contributed by atoms with Gasteiger partial charge in [-0.15, -0.1) is 0 Å². The lowest BCUT2D eigenvalue weighted by molar-refractivity contribution is 0.242. The molecule has 0 fully saturated rings. The molecule has 0 saturated carbocycles. The van der Waals surface area contributed by atoms with Gasteiger partial charge in [0.1, 0.15) is 11.5 Å². The summed E-state index contributed by atoms with van der Waals surface area (Å²) in [6.45, 7) is 15.9. The molecule has 2 N–H and O–H groups in total. The molecule has 31 heavy (non-hydrogen) atoms. The lowest BCUT2D eigenvalue weighted by Crippen LogP contribution is -2.19. The van der Waals surface area contributed by atoms with Gasteiger partial charge in [0.2, 0.25) is 0 Å². The third-order valence-corrected chi connectivity index (χ3v) is 5.88. The molecule has 0 aromatic heterocycles. The summed E-state index contributed by atoms with van der Waals surface area (Å²) in [4.78, 5) is 2.35. The number of ether oxygens (including phenoxy) is 1. The van der Waals surface area contributed by atoms with E-state index in [1.54, 1.807) is 12.1 Å². The Kier molecular flexibility index (Phi) is 7.10. The van der Waals surface area contributed by atoms with E-state index in [1.165, 1.54) is 18.3 Å². The number of phenolic OH excluding ortho intramolecular Hbond substituents is 1.